The SMILES string of the molecule is C=C(C)C(=O)OCC(C)OCC(C)OC(=O)C(=O)OC(C)COC(C)COC(=O)C(=C)C. The number of carbonyl (C=O) groups is 4. The van der Waals surface area contributed by atoms with Crippen molar-refractivity contribution in [2.75, 3.05) is 26.4 Å². The van der Waals surface area contributed by atoms with Gasteiger partial charge in [0.15, 0.2) is 0 Å². The van der Waals surface area contributed by atoms with Gasteiger partial charge in [0.25, 0.3) is 0 Å². The van der Waals surface area contributed by atoms with Gasteiger partial charge in [0.1, 0.15) is 25.4 Å². The third kappa shape index (κ3) is 13.6. The minimum Gasteiger partial charge on any atom is -0.460 e. The van der Waals surface area contributed by atoms with Crippen LogP contribution in [0.15, 0.2) is 24.3 Å². The molecule has 0 rings (SSSR count). The van der Waals surface area contributed by atoms with Gasteiger partial charge in [0, 0.05) is 11.1 Å². The molecule has 32 heavy (non-hydrogen) atoms. The van der Waals surface area contributed by atoms with E-state index < -0.39 is 48.3 Å². The van der Waals surface area contributed by atoms with Gasteiger partial charge in [-0.15, -0.1) is 0 Å². The molecule has 0 bridgehead atoms. The molecule has 182 valence electrons. The predicted octanol–water partition coefficient (Wildman–Crippen LogP) is 1.90. The van der Waals surface area contributed by atoms with Gasteiger partial charge < -0.3 is 28.4 Å². The summed E-state index contributed by atoms with van der Waals surface area (Å²) in [5.74, 6) is -3.39. The van der Waals surface area contributed by atoms with Crippen molar-refractivity contribution in [1.82, 2.24) is 0 Å². The van der Waals surface area contributed by atoms with Crippen LogP contribution in [0.2, 0.25) is 0 Å². The van der Waals surface area contributed by atoms with Crippen molar-refractivity contribution in [1.29, 1.82) is 0 Å². The average molecular weight is 459 g/mol. The minimum atomic E-state index is -1.17. The van der Waals surface area contributed by atoms with E-state index in [9.17, 15) is 19.2 Å². The molecular weight excluding hydrogens is 424 g/mol. The van der Waals surface area contributed by atoms with Gasteiger partial charge in [-0.25, -0.2) is 19.2 Å². The molecule has 0 fully saturated rings. The zero-order valence-corrected chi connectivity index (χ0v) is 19.6. The van der Waals surface area contributed by atoms with Crippen LogP contribution in [0.5, 0.6) is 0 Å². The van der Waals surface area contributed by atoms with Crippen molar-refractivity contribution in [3.8, 4) is 0 Å². The second-order valence-electron chi connectivity index (χ2n) is 7.48. The van der Waals surface area contributed by atoms with Gasteiger partial charge in [0.05, 0.1) is 25.4 Å². The van der Waals surface area contributed by atoms with E-state index in [2.05, 4.69) is 13.2 Å². The first kappa shape index (κ1) is 29.3. The van der Waals surface area contributed by atoms with Gasteiger partial charge in [-0.2, -0.15) is 0 Å². The Bertz CT molecular complexity index is 626. The maximum Gasteiger partial charge on any atom is 0.417 e. The van der Waals surface area contributed by atoms with E-state index in [1.54, 1.807) is 13.8 Å². The summed E-state index contributed by atoms with van der Waals surface area (Å²) in [7, 11) is 0. The van der Waals surface area contributed by atoms with E-state index in [4.69, 9.17) is 28.4 Å². The monoisotopic (exact) mass is 458 g/mol. The minimum absolute atomic E-state index is 0.0100. The summed E-state index contributed by atoms with van der Waals surface area (Å²) in [6.07, 6.45) is -2.35. The normalized spacial score (nSPS) is 14.3. The van der Waals surface area contributed by atoms with Crippen LogP contribution in [0.3, 0.4) is 0 Å². The van der Waals surface area contributed by atoms with E-state index in [-0.39, 0.29) is 37.6 Å². The summed E-state index contributed by atoms with van der Waals surface area (Å²) in [5.41, 5.74) is 0.552. The van der Waals surface area contributed by atoms with Crippen molar-refractivity contribution in [3.63, 3.8) is 0 Å². The largest absolute Gasteiger partial charge is 0.460 e. The van der Waals surface area contributed by atoms with Gasteiger partial charge in [-0.05, 0) is 41.5 Å². The molecule has 10 heteroatoms. The Morgan fingerprint density at radius 3 is 1.16 bits per heavy atom. The summed E-state index contributed by atoms with van der Waals surface area (Å²) in [6, 6.07) is 0. The molecule has 0 aliphatic carbocycles. The van der Waals surface area contributed by atoms with Gasteiger partial charge >= 0.3 is 23.9 Å². The maximum absolute atomic E-state index is 11.9. The van der Waals surface area contributed by atoms with Gasteiger partial charge in [-0.3, -0.25) is 0 Å². The molecule has 0 radical (unpaired) electrons. The molecule has 0 aliphatic rings. The highest BCUT2D eigenvalue weighted by atomic mass is 16.6. The summed E-state index contributed by atoms with van der Waals surface area (Å²) < 4.78 is 30.7. The van der Waals surface area contributed by atoms with Crippen molar-refractivity contribution < 1.29 is 47.6 Å². The molecule has 0 N–H and O–H groups in total. The Balaban J connectivity index is 4.16. The highest BCUT2D eigenvalue weighted by molar-refractivity contribution is 6.29. The van der Waals surface area contributed by atoms with Crippen molar-refractivity contribution in [2.24, 2.45) is 0 Å². The van der Waals surface area contributed by atoms with Crippen LogP contribution in [0.4, 0.5) is 0 Å². The molecule has 0 amide bonds. The molecule has 0 aliphatic heterocycles. The third-order valence-corrected chi connectivity index (χ3v) is 3.61. The number of carbonyl (C=O) groups excluding carboxylic acids is 4. The lowest BCUT2D eigenvalue weighted by Gasteiger charge is -2.19. The molecule has 0 heterocycles. The topological polar surface area (TPSA) is 124 Å². The third-order valence-electron chi connectivity index (χ3n) is 3.61. The summed E-state index contributed by atoms with van der Waals surface area (Å²) >= 11 is 0. The maximum atomic E-state index is 11.9. The molecule has 0 saturated heterocycles. The first-order valence-corrected chi connectivity index (χ1v) is 10.1. The van der Waals surface area contributed by atoms with Crippen LogP contribution < -0.4 is 0 Å². The fourth-order valence-electron chi connectivity index (χ4n) is 1.86. The molecule has 0 aromatic rings. The lowest BCUT2D eigenvalue weighted by Crippen LogP contribution is -2.32. The van der Waals surface area contributed by atoms with E-state index in [0.29, 0.717) is 0 Å². The van der Waals surface area contributed by atoms with E-state index >= 15 is 0 Å². The van der Waals surface area contributed by atoms with E-state index in [1.807, 2.05) is 0 Å². The quantitative estimate of drug-likeness (QED) is 0.165. The Morgan fingerprint density at radius 1 is 0.562 bits per heavy atom. The van der Waals surface area contributed by atoms with Crippen molar-refractivity contribution in [2.45, 2.75) is 66.0 Å². The molecular formula is C22H34O10. The standard InChI is InChI=1S/C22H34O10/c1-13(2)19(23)29-9-15(5)27-11-17(7)31-21(25)22(26)32-18(8)12-28-16(6)10-30-20(24)14(3)4/h15-18H,1,3,9-12H2,2,4-8H3. The molecule has 0 aromatic carbocycles. The smallest absolute Gasteiger partial charge is 0.417 e. The number of rotatable bonds is 14. The van der Waals surface area contributed by atoms with Gasteiger partial charge in [0.2, 0.25) is 0 Å². The lowest BCUT2D eigenvalue weighted by atomic mass is 10.3. The number of ether oxygens (including phenoxy) is 6. The lowest BCUT2D eigenvalue weighted by molar-refractivity contribution is -0.177. The Morgan fingerprint density at radius 2 is 0.875 bits per heavy atom. The first-order valence-electron chi connectivity index (χ1n) is 10.1. The zero-order chi connectivity index (χ0) is 24.8. The second-order valence-corrected chi connectivity index (χ2v) is 7.48. The Labute approximate surface area is 188 Å². The fraction of sp³-hybridized carbons (Fsp3) is 0.636. The van der Waals surface area contributed by atoms with Crippen LogP contribution >= 0.6 is 0 Å². The van der Waals surface area contributed by atoms with Crippen LogP contribution in [-0.4, -0.2) is 74.7 Å². The molecule has 4 atom stereocenters. The number of hydrogen-bond acceptors (Lipinski definition) is 10. The Hall–Kier alpha value is -2.72. The highest BCUT2D eigenvalue weighted by Crippen LogP contribution is 2.04. The molecule has 0 aromatic heterocycles. The fourth-order valence-corrected chi connectivity index (χ4v) is 1.86. The van der Waals surface area contributed by atoms with Crippen LogP contribution in [0, 0.1) is 0 Å². The first-order chi connectivity index (χ1) is 14.8. The van der Waals surface area contributed by atoms with E-state index in [1.165, 1.54) is 27.7 Å². The molecule has 4 unspecified atom stereocenters. The molecule has 10 nitrogen and oxygen atoms in total. The molecule has 0 saturated carbocycles. The van der Waals surface area contributed by atoms with E-state index in [0.717, 1.165) is 0 Å². The summed E-state index contributed by atoms with van der Waals surface area (Å²) in [6.45, 7) is 16.4. The van der Waals surface area contributed by atoms with Crippen LogP contribution in [0.25, 0.3) is 0 Å². The van der Waals surface area contributed by atoms with Crippen LogP contribution in [-0.2, 0) is 47.6 Å². The molecule has 0 spiro atoms. The zero-order valence-electron chi connectivity index (χ0n) is 19.6. The second kappa shape index (κ2) is 15.1. The Kier molecular flexibility index (Phi) is 13.9. The van der Waals surface area contributed by atoms with Crippen LogP contribution in [0.1, 0.15) is 41.5 Å². The highest BCUT2D eigenvalue weighted by Gasteiger charge is 2.23. The van der Waals surface area contributed by atoms with Crippen molar-refractivity contribution >= 4 is 23.9 Å². The van der Waals surface area contributed by atoms with Crippen molar-refractivity contribution in [3.05, 3.63) is 24.3 Å². The summed E-state index contributed by atoms with van der Waals surface area (Å²) in [4.78, 5) is 46.4. The van der Waals surface area contributed by atoms with Gasteiger partial charge in [-0.1, -0.05) is 13.2 Å². The summed E-state index contributed by atoms with van der Waals surface area (Å²) in [5, 5.41) is 0. The number of hydrogen-bond donors (Lipinski definition) is 0. The predicted molar refractivity (Wildman–Crippen MR) is 113 cm³/mol. The number of esters is 4. The average Bonchev–Trinajstić information content (AvgIpc) is 2.72.